The molecule has 3 heteroatoms. The molecule has 0 amide bonds. The van der Waals surface area contributed by atoms with E-state index in [1.807, 2.05) is 6.07 Å². The maximum atomic E-state index is 5.00. The lowest BCUT2D eigenvalue weighted by atomic mass is 10.1. The van der Waals surface area contributed by atoms with Gasteiger partial charge in [0.1, 0.15) is 5.82 Å². The third kappa shape index (κ3) is 3.51. The van der Waals surface area contributed by atoms with E-state index in [4.69, 9.17) is 4.74 Å². The average molecular weight is 180 g/mol. The van der Waals surface area contributed by atoms with Crippen molar-refractivity contribution in [3.05, 3.63) is 23.8 Å². The van der Waals surface area contributed by atoms with Gasteiger partial charge in [-0.2, -0.15) is 0 Å². The van der Waals surface area contributed by atoms with E-state index >= 15 is 0 Å². The van der Waals surface area contributed by atoms with Gasteiger partial charge >= 0.3 is 0 Å². The first-order valence-electron chi connectivity index (χ1n) is 4.52. The monoisotopic (exact) mass is 180 g/mol. The summed E-state index contributed by atoms with van der Waals surface area (Å²) in [6.45, 7) is 4.88. The molecule has 0 spiro atoms. The van der Waals surface area contributed by atoms with Crippen molar-refractivity contribution in [3.8, 4) is 0 Å². The Bertz CT molecular complexity index is 261. The van der Waals surface area contributed by atoms with Crippen LogP contribution in [0.3, 0.4) is 0 Å². The fourth-order valence-electron chi connectivity index (χ4n) is 1.13. The third-order valence-electron chi connectivity index (χ3n) is 1.65. The van der Waals surface area contributed by atoms with Crippen LogP contribution in [0.4, 0.5) is 0 Å². The van der Waals surface area contributed by atoms with Crippen LogP contribution >= 0.6 is 0 Å². The molecule has 3 nitrogen and oxygen atoms in total. The van der Waals surface area contributed by atoms with Gasteiger partial charge in [-0.15, -0.1) is 0 Å². The first-order valence-corrected chi connectivity index (χ1v) is 4.52. The van der Waals surface area contributed by atoms with Crippen molar-refractivity contribution in [2.75, 3.05) is 7.11 Å². The van der Waals surface area contributed by atoms with E-state index in [1.54, 1.807) is 13.3 Å². The number of aromatic nitrogens is 2. The van der Waals surface area contributed by atoms with Gasteiger partial charge in [-0.1, -0.05) is 13.8 Å². The van der Waals surface area contributed by atoms with E-state index in [2.05, 4.69) is 23.8 Å². The summed E-state index contributed by atoms with van der Waals surface area (Å²) in [5.74, 6) is 1.50. The molecule has 0 saturated heterocycles. The van der Waals surface area contributed by atoms with Gasteiger partial charge in [-0.3, -0.25) is 0 Å². The molecule has 0 radical (unpaired) electrons. The largest absolute Gasteiger partial charge is 0.378 e. The molecule has 0 aliphatic rings. The molecule has 72 valence electrons. The van der Waals surface area contributed by atoms with E-state index in [-0.39, 0.29) is 0 Å². The van der Waals surface area contributed by atoms with Crippen molar-refractivity contribution >= 4 is 0 Å². The van der Waals surface area contributed by atoms with Gasteiger partial charge in [-0.25, -0.2) is 9.97 Å². The summed E-state index contributed by atoms with van der Waals surface area (Å²) in [5, 5.41) is 0. The van der Waals surface area contributed by atoms with Gasteiger partial charge in [0.2, 0.25) is 0 Å². The van der Waals surface area contributed by atoms with Gasteiger partial charge in [0.15, 0.2) is 0 Å². The van der Waals surface area contributed by atoms with E-state index in [0.29, 0.717) is 12.5 Å². The number of ether oxygens (including phenoxy) is 1. The van der Waals surface area contributed by atoms with Crippen LogP contribution in [0.15, 0.2) is 12.3 Å². The number of nitrogens with zero attached hydrogens (tertiary/aromatic N) is 2. The SMILES string of the molecule is COCc1ccnc(CC(C)C)n1. The van der Waals surface area contributed by atoms with Gasteiger partial charge in [0.25, 0.3) is 0 Å². The molecule has 1 aromatic rings. The van der Waals surface area contributed by atoms with Crippen molar-refractivity contribution in [3.63, 3.8) is 0 Å². The van der Waals surface area contributed by atoms with E-state index in [9.17, 15) is 0 Å². The minimum absolute atomic E-state index is 0.563. The Morgan fingerprint density at radius 1 is 1.46 bits per heavy atom. The first kappa shape index (κ1) is 10.1. The molecule has 0 atom stereocenters. The molecule has 0 fully saturated rings. The van der Waals surface area contributed by atoms with E-state index in [0.717, 1.165) is 17.9 Å². The zero-order valence-electron chi connectivity index (χ0n) is 8.45. The second kappa shape index (κ2) is 4.92. The molecule has 13 heavy (non-hydrogen) atoms. The van der Waals surface area contributed by atoms with Crippen LogP contribution in [0.2, 0.25) is 0 Å². The highest BCUT2D eigenvalue weighted by Crippen LogP contribution is 2.03. The van der Waals surface area contributed by atoms with Crippen LogP contribution < -0.4 is 0 Å². The minimum atomic E-state index is 0.563. The fourth-order valence-corrected chi connectivity index (χ4v) is 1.13. The molecule has 0 aliphatic heterocycles. The topological polar surface area (TPSA) is 35.0 Å². The highest BCUT2D eigenvalue weighted by Gasteiger charge is 2.01. The summed E-state index contributed by atoms with van der Waals surface area (Å²) in [7, 11) is 1.67. The zero-order chi connectivity index (χ0) is 9.68. The van der Waals surface area contributed by atoms with Crippen LogP contribution in [0.5, 0.6) is 0 Å². The average Bonchev–Trinajstić information content (AvgIpc) is 2.04. The zero-order valence-corrected chi connectivity index (χ0v) is 8.45. The Morgan fingerprint density at radius 2 is 2.23 bits per heavy atom. The number of methoxy groups -OCH3 is 1. The van der Waals surface area contributed by atoms with Crippen molar-refractivity contribution in [1.82, 2.24) is 9.97 Å². The van der Waals surface area contributed by atoms with Crippen LogP contribution in [0, 0.1) is 5.92 Å². The molecule has 0 unspecified atom stereocenters. The predicted molar refractivity (Wildman–Crippen MR) is 51.3 cm³/mol. The summed E-state index contributed by atoms with van der Waals surface area (Å²) in [4.78, 5) is 8.56. The van der Waals surface area contributed by atoms with E-state index in [1.165, 1.54) is 0 Å². The lowest BCUT2D eigenvalue weighted by molar-refractivity contribution is 0.181. The maximum Gasteiger partial charge on any atom is 0.128 e. The Morgan fingerprint density at radius 3 is 2.85 bits per heavy atom. The Kier molecular flexibility index (Phi) is 3.83. The smallest absolute Gasteiger partial charge is 0.128 e. The lowest BCUT2D eigenvalue weighted by Gasteiger charge is -2.04. The van der Waals surface area contributed by atoms with E-state index < -0.39 is 0 Å². The maximum absolute atomic E-state index is 5.00. The summed E-state index contributed by atoms with van der Waals surface area (Å²) in [5.41, 5.74) is 0.952. The van der Waals surface area contributed by atoms with Crippen molar-refractivity contribution in [2.24, 2.45) is 5.92 Å². The lowest BCUT2D eigenvalue weighted by Crippen LogP contribution is -2.03. The molecular formula is C10H16N2O. The molecule has 0 bridgehead atoms. The Balaban J connectivity index is 2.67. The van der Waals surface area contributed by atoms with Gasteiger partial charge in [0.05, 0.1) is 12.3 Å². The standard InChI is InChI=1S/C10H16N2O/c1-8(2)6-10-11-5-4-9(12-10)7-13-3/h4-5,8H,6-7H2,1-3H3. The number of hydrogen-bond donors (Lipinski definition) is 0. The molecule has 0 aliphatic carbocycles. The Labute approximate surface area is 79.2 Å². The summed E-state index contributed by atoms with van der Waals surface area (Å²) >= 11 is 0. The fraction of sp³-hybridized carbons (Fsp3) is 0.600. The summed E-state index contributed by atoms with van der Waals surface area (Å²) < 4.78 is 5.00. The summed E-state index contributed by atoms with van der Waals surface area (Å²) in [6.07, 6.45) is 2.72. The molecule has 1 heterocycles. The number of rotatable bonds is 4. The molecule has 1 aromatic heterocycles. The summed E-state index contributed by atoms with van der Waals surface area (Å²) in [6, 6.07) is 1.88. The Hall–Kier alpha value is -0.960. The quantitative estimate of drug-likeness (QED) is 0.709. The van der Waals surface area contributed by atoms with Crippen LogP contribution in [-0.4, -0.2) is 17.1 Å². The normalized spacial score (nSPS) is 10.8. The minimum Gasteiger partial charge on any atom is -0.378 e. The van der Waals surface area contributed by atoms with Gasteiger partial charge in [-0.05, 0) is 12.0 Å². The third-order valence-corrected chi connectivity index (χ3v) is 1.65. The van der Waals surface area contributed by atoms with Gasteiger partial charge in [0, 0.05) is 19.7 Å². The molecular weight excluding hydrogens is 164 g/mol. The highest BCUT2D eigenvalue weighted by atomic mass is 16.5. The second-order valence-electron chi connectivity index (χ2n) is 3.50. The van der Waals surface area contributed by atoms with Gasteiger partial charge < -0.3 is 4.74 Å². The van der Waals surface area contributed by atoms with Crippen molar-refractivity contribution in [2.45, 2.75) is 26.9 Å². The number of hydrogen-bond acceptors (Lipinski definition) is 3. The van der Waals surface area contributed by atoms with Crippen LogP contribution in [0.1, 0.15) is 25.4 Å². The van der Waals surface area contributed by atoms with Crippen LogP contribution in [-0.2, 0) is 17.8 Å². The molecule has 0 saturated carbocycles. The van der Waals surface area contributed by atoms with Crippen molar-refractivity contribution in [1.29, 1.82) is 0 Å². The molecule has 1 rings (SSSR count). The highest BCUT2D eigenvalue weighted by molar-refractivity contribution is 5.01. The molecule has 0 aromatic carbocycles. The molecule has 0 N–H and O–H groups in total. The first-order chi connectivity index (χ1) is 6.22. The van der Waals surface area contributed by atoms with Crippen LogP contribution in [0.25, 0.3) is 0 Å². The second-order valence-corrected chi connectivity index (χ2v) is 3.50. The predicted octanol–water partition coefficient (Wildman–Crippen LogP) is 1.82. The van der Waals surface area contributed by atoms with Crippen molar-refractivity contribution < 1.29 is 4.74 Å².